The van der Waals surface area contributed by atoms with Crippen molar-refractivity contribution in [1.29, 1.82) is 0 Å². The maximum absolute atomic E-state index is 13.5. The van der Waals surface area contributed by atoms with E-state index in [9.17, 15) is 18.7 Å². The highest BCUT2D eigenvalue weighted by Gasteiger charge is 2.68. The van der Waals surface area contributed by atoms with E-state index in [1.54, 1.807) is 6.20 Å². The van der Waals surface area contributed by atoms with Gasteiger partial charge in [0.25, 0.3) is 0 Å². The van der Waals surface area contributed by atoms with E-state index in [0.717, 1.165) is 18.9 Å². The molecule has 0 spiro atoms. The molecule has 0 aliphatic heterocycles. The summed E-state index contributed by atoms with van der Waals surface area (Å²) in [6, 6.07) is 4.44. The lowest BCUT2D eigenvalue weighted by Crippen LogP contribution is -2.51. The number of nitrogens with zero attached hydrogens (tertiary/aromatic N) is 2. The van der Waals surface area contributed by atoms with Gasteiger partial charge in [0.15, 0.2) is 0 Å². The van der Waals surface area contributed by atoms with E-state index in [2.05, 4.69) is 15.7 Å². The molecule has 0 saturated heterocycles. The maximum Gasteiger partial charge on any atom is 0.217 e. The molecule has 156 valence electrons. The number of rotatable bonds is 8. The zero-order valence-electron chi connectivity index (χ0n) is 16.3. The SMILES string of the molecule is CC(=O)NC(Cc1cc(F)cc(F)c1)C(O)CNC1(n2cccn2)C2CCCC21. The molecule has 2 aromatic rings. The van der Waals surface area contributed by atoms with Gasteiger partial charge in [-0.15, -0.1) is 0 Å². The second-order valence-electron chi connectivity index (χ2n) is 8.16. The third kappa shape index (κ3) is 3.91. The number of carbonyl (C=O) groups is 1. The van der Waals surface area contributed by atoms with Gasteiger partial charge in [-0.05, 0) is 43.0 Å². The minimum Gasteiger partial charge on any atom is -0.390 e. The number of amides is 1. The standard InChI is InChI=1S/C21H26F2N4O2/c1-13(28)26-19(10-14-8-15(22)11-16(23)9-14)20(29)12-24-21(27-7-3-6-25-27)17-4-2-5-18(17)21/h3,6-9,11,17-20,24,29H,2,4-5,10,12H2,1H3,(H,26,28). The molecule has 4 rings (SSSR count). The van der Waals surface area contributed by atoms with Crippen LogP contribution in [0.3, 0.4) is 0 Å². The number of aromatic nitrogens is 2. The molecule has 3 N–H and O–H groups in total. The average molecular weight is 404 g/mol. The van der Waals surface area contributed by atoms with Gasteiger partial charge in [0.2, 0.25) is 5.91 Å². The summed E-state index contributed by atoms with van der Waals surface area (Å²) < 4.78 is 29.0. The Balaban J connectivity index is 1.46. The molecule has 4 atom stereocenters. The van der Waals surface area contributed by atoms with Gasteiger partial charge in [-0.3, -0.25) is 14.8 Å². The van der Waals surface area contributed by atoms with Gasteiger partial charge in [-0.25, -0.2) is 8.78 Å². The second-order valence-corrected chi connectivity index (χ2v) is 8.16. The smallest absolute Gasteiger partial charge is 0.217 e. The molecule has 6 nitrogen and oxygen atoms in total. The van der Waals surface area contributed by atoms with Crippen molar-refractivity contribution < 1.29 is 18.7 Å². The van der Waals surface area contributed by atoms with E-state index < -0.39 is 23.8 Å². The predicted octanol–water partition coefficient (Wildman–Crippen LogP) is 1.94. The molecule has 2 aliphatic rings. The Bertz CT molecular complexity index is 843. The highest BCUT2D eigenvalue weighted by Crippen LogP contribution is 2.63. The number of halogens is 2. The second kappa shape index (κ2) is 7.84. The lowest BCUT2D eigenvalue weighted by Gasteiger charge is -2.29. The first-order valence-electron chi connectivity index (χ1n) is 10.1. The van der Waals surface area contributed by atoms with Gasteiger partial charge in [0, 0.05) is 43.8 Å². The van der Waals surface area contributed by atoms with Gasteiger partial charge in [0.05, 0.1) is 12.1 Å². The Morgan fingerprint density at radius 1 is 1.31 bits per heavy atom. The number of benzene rings is 1. The summed E-state index contributed by atoms with van der Waals surface area (Å²) in [6.07, 6.45) is 6.29. The van der Waals surface area contributed by atoms with Crippen molar-refractivity contribution in [3.8, 4) is 0 Å². The summed E-state index contributed by atoms with van der Waals surface area (Å²) in [6.45, 7) is 1.59. The summed E-state index contributed by atoms with van der Waals surface area (Å²) in [5.41, 5.74) is 0.0828. The summed E-state index contributed by atoms with van der Waals surface area (Å²) in [5.74, 6) is -0.719. The molecule has 0 bridgehead atoms. The molecule has 2 saturated carbocycles. The van der Waals surface area contributed by atoms with E-state index in [1.807, 2.05) is 16.9 Å². The van der Waals surface area contributed by atoms with E-state index in [4.69, 9.17) is 0 Å². The molecule has 0 radical (unpaired) electrons. The van der Waals surface area contributed by atoms with Gasteiger partial charge in [-0.2, -0.15) is 5.10 Å². The van der Waals surface area contributed by atoms with Crippen LogP contribution in [0.1, 0.15) is 31.7 Å². The van der Waals surface area contributed by atoms with Crippen LogP contribution < -0.4 is 10.6 Å². The fraction of sp³-hybridized carbons (Fsp3) is 0.524. The number of aliphatic hydroxyl groups is 1. The molecule has 1 aromatic carbocycles. The third-order valence-electron chi connectivity index (χ3n) is 6.25. The average Bonchev–Trinajstić information content (AvgIpc) is 3.12. The van der Waals surface area contributed by atoms with Crippen molar-refractivity contribution in [2.75, 3.05) is 6.54 Å². The molecule has 4 unspecified atom stereocenters. The van der Waals surface area contributed by atoms with Crippen molar-refractivity contribution in [3.05, 3.63) is 53.9 Å². The van der Waals surface area contributed by atoms with Crippen molar-refractivity contribution in [2.24, 2.45) is 11.8 Å². The van der Waals surface area contributed by atoms with Gasteiger partial charge in [0.1, 0.15) is 17.3 Å². The quantitative estimate of drug-likeness (QED) is 0.628. The minimum atomic E-state index is -0.931. The van der Waals surface area contributed by atoms with Gasteiger partial charge in [-0.1, -0.05) is 6.42 Å². The maximum atomic E-state index is 13.5. The van der Waals surface area contributed by atoms with E-state index >= 15 is 0 Å². The highest BCUT2D eigenvalue weighted by atomic mass is 19.1. The Kier molecular flexibility index (Phi) is 5.40. The Labute approximate surface area is 168 Å². The molecular formula is C21H26F2N4O2. The minimum absolute atomic E-state index is 0.124. The molecule has 1 heterocycles. The van der Waals surface area contributed by atoms with E-state index in [-0.39, 0.29) is 24.5 Å². The van der Waals surface area contributed by atoms with Crippen molar-refractivity contribution in [1.82, 2.24) is 20.4 Å². The fourth-order valence-electron chi connectivity index (χ4n) is 5.03. The summed E-state index contributed by atoms with van der Waals surface area (Å²) in [7, 11) is 0. The number of aliphatic hydroxyl groups excluding tert-OH is 1. The summed E-state index contributed by atoms with van der Waals surface area (Å²) in [4.78, 5) is 11.6. The Morgan fingerprint density at radius 3 is 2.59 bits per heavy atom. The number of nitrogens with one attached hydrogen (secondary N) is 2. The highest BCUT2D eigenvalue weighted by molar-refractivity contribution is 5.73. The van der Waals surface area contributed by atoms with Crippen LogP contribution in [0.15, 0.2) is 36.7 Å². The zero-order chi connectivity index (χ0) is 20.6. The van der Waals surface area contributed by atoms with Crippen LogP contribution in [0.2, 0.25) is 0 Å². The van der Waals surface area contributed by atoms with E-state index in [1.165, 1.54) is 25.5 Å². The first-order valence-corrected chi connectivity index (χ1v) is 10.1. The monoisotopic (exact) mass is 404 g/mol. The topological polar surface area (TPSA) is 79.2 Å². The normalized spacial score (nSPS) is 27.3. The Morgan fingerprint density at radius 2 is 2.00 bits per heavy atom. The van der Waals surface area contributed by atoms with Crippen LogP contribution in [-0.2, 0) is 16.9 Å². The molecule has 1 amide bonds. The van der Waals surface area contributed by atoms with Crippen molar-refractivity contribution in [3.63, 3.8) is 0 Å². The molecule has 1 aromatic heterocycles. The number of fused-ring (bicyclic) bond motifs is 1. The number of hydrogen-bond donors (Lipinski definition) is 3. The van der Waals surface area contributed by atoms with Gasteiger partial charge < -0.3 is 10.4 Å². The van der Waals surface area contributed by atoms with Crippen LogP contribution in [0.5, 0.6) is 0 Å². The lowest BCUT2D eigenvalue weighted by atomic mass is 10.00. The third-order valence-corrected chi connectivity index (χ3v) is 6.25. The van der Waals surface area contributed by atoms with Crippen molar-refractivity contribution in [2.45, 2.75) is 50.4 Å². The first-order chi connectivity index (χ1) is 13.9. The summed E-state index contributed by atoms with van der Waals surface area (Å²) in [5, 5.41) is 21.4. The van der Waals surface area contributed by atoms with Crippen LogP contribution in [0.4, 0.5) is 8.78 Å². The summed E-state index contributed by atoms with van der Waals surface area (Å²) >= 11 is 0. The lowest BCUT2D eigenvalue weighted by molar-refractivity contribution is -0.120. The number of carbonyl (C=O) groups excluding carboxylic acids is 1. The van der Waals surface area contributed by atoms with Crippen LogP contribution in [0, 0.1) is 23.5 Å². The Hall–Kier alpha value is -2.32. The molecule has 29 heavy (non-hydrogen) atoms. The van der Waals surface area contributed by atoms with Crippen LogP contribution in [0.25, 0.3) is 0 Å². The number of hydrogen-bond acceptors (Lipinski definition) is 4. The molecule has 8 heteroatoms. The van der Waals surface area contributed by atoms with Crippen LogP contribution in [-0.4, -0.2) is 39.5 Å². The molecular weight excluding hydrogens is 378 g/mol. The molecule has 2 aliphatic carbocycles. The largest absolute Gasteiger partial charge is 0.390 e. The fourth-order valence-corrected chi connectivity index (χ4v) is 5.03. The first kappa shape index (κ1) is 20.0. The zero-order valence-corrected chi connectivity index (χ0v) is 16.3. The van der Waals surface area contributed by atoms with Gasteiger partial charge >= 0.3 is 0 Å². The van der Waals surface area contributed by atoms with Crippen molar-refractivity contribution >= 4 is 5.91 Å². The molecule has 2 fully saturated rings. The van der Waals surface area contributed by atoms with E-state index in [0.29, 0.717) is 17.4 Å². The predicted molar refractivity (Wildman–Crippen MR) is 103 cm³/mol. The van der Waals surface area contributed by atoms with Crippen LogP contribution >= 0.6 is 0 Å².